The van der Waals surface area contributed by atoms with Crippen molar-refractivity contribution in [2.45, 2.75) is 4.90 Å². The van der Waals surface area contributed by atoms with Crippen LogP contribution in [-0.2, 0) is 21.9 Å². The van der Waals surface area contributed by atoms with Crippen molar-refractivity contribution in [3.8, 4) is 11.1 Å². The minimum atomic E-state index is -3.76. The molecule has 0 aliphatic rings. The molecule has 0 bridgehead atoms. The summed E-state index contributed by atoms with van der Waals surface area (Å²) in [5.74, 6) is -0.371. The lowest BCUT2D eigenvalue weighted by atomic mass is 10.1. The summed E-state index contributed by atoms with van der Waals surface area (Å²) in [7, 11) is -1.94. The lowest BCUT2D eigenvalue weighted by Gasteiger charge is -2.06. The molecule has 2 aromatic carbocycles. The molecule has 170 valence electrons. The number of aromatic nitrogens is 3. The fourth-order valence-electron chi connectivity index (χ4n) is 3.11. The van der Waals surface area contributed by atoms with Gasteiger partial charge in [-0.3, -0.25) is 9.48 Å². The molecule has 0 unspecified atom stereocenters. The van der Waals surface area contributed by atoms with Gasteiger partial charge in [-0.25, -0.2) is 12.4 Å². The molecule has 8 nitrogen and oxygen atoms in total. The third-order valence-corrected chi connectivity index (χ3v) is 6.45. The third kappa shape index (κ3) is 5.33. The molecule has 2 heterocycles. The molecule has 3 N–H and O–H groups in total. The molecule has 0 aliphatic heterocycles. The van der Waals surface area contributed by atoms with Crippen LogP contribution in [0.1, 0.15) is 5.56 Å². The zero-order valence-electron chi connectivity index (χ0n) is 17.6. The van der Waals surface area contributed by atoms with Crippen molar-refractivity contribution in [2.75, 3.05) is 11.1 Å². The Balaban J connectivity index is 0.00000306. The highest BCUT2D eigenvalue weighted by molar-refractivity contribution is 7.90. The maximum Gasteiger partial charge on any atom is 0.267 e. The average molecular weight is 484 g/mol. The van der Waals surface area contributed by atoms with E-state index in [4.69, 9.17) is 5.73 Å². The molecular formula is C23H22ClN5O3S. The van der Waals surface area contributed by atoms with Gasteiger partial charge in [0.2, 0.25) is 5.91 Å². The van der Waals surface area contributed by atoms with Crippen LogP contribution in [0.15, 0.2) is 90.4 Å². The number of carbonyl (C=O) groups is 1. The number of nitrogens with zero attached hydrogens (tertiary/aromatic N) is 3. The number of anilines is 2. The number of amides is 1. The lowest BCUT2D eigenvalue weighted by molar-refractivity contribution is -0.111. The monoisotopic (exact) mass is 483 g/mol. The summed E-state index contributed by atoms with van der Waals surface area (Å²) in [6.45, 7) is 0. The van der Waals surface area contributed by atoms with Crippen LogP contribution in [0.3, 0.4) is 0 Å². The van der Waals surface area contributed by atoms with E-state index in [0.717, 1.165) is 15.1 Å². The van der Waals surface area contributed by atoms with Gasteiger partial charge in [-0.05, 0) is 47.5 Å². The van der Waals surface area contributed by atoms with Crippen molar-refractivity contribution in [2.24, 2.45) is 7.05 Å². The molecule has 4 rings (SSSR count). The Kier molecular flexibility index (Phi) is 7.05. The average Bonchev–Trinajstić information content (AvgIpc) is 3.44. The van der Waals surface area contributed by atoms with Crippen molar-refractivity contribution in [3.05, 3.63) is 91.0 Å². The summed E-state index contributed by atoms with van der Waals surface area (Å²) in [5.41, 5.74) is 9.13. The molecule has 0 fully saturated rings. The van der Waals surface area contributed by atoms with E-state index < -0.39 is 10.0 Å². The van der Waals surface area contributed by atoms with Crippen LogP contribution in [0.5, 0.6) is 0 Å². The maximum absolute atomic E-state index is 12.9. The number of hydrogen-bond acceptors (Lipinski definition) is 5. The number of nitrogen functional groups attached to an aromatic ring is 1. The highest BCUT2D eigenvalue weighted by Gasteiger charge is 2.16. The molecule has 1 amide bonds. The number of halogens is 1. The molecule has 0 atom stereocenters. The van der Waals surface area contributed by atoms with E-state index in [0.29, 0.717) is 16.9 Å². The van der Waals surface area contributed by atoms with Gasteiger partial charge < -0.3 is 11.1 Å². The first-order valence-electron chi connectivity index (χ1n) is 9.69. The smallest absolute Gasteiger partial charge is 0.267 e. The van der Waals surface area contributed by atoms with E-state index in [1.807, 2.05) is 13.2 Å². The predicted octanol–water partition coefficient (Wildman–Crippen LogP) is 3.78. The fraction of sp³-hybridized carbons (Fsp3) is 0.0435. The maximum atomic E-state index is 12.9. The molecule has 10 heteroatoms. The Morgan fingerprint density at radius 1 is 1.03 bits per heavy atom. The Morgan fingerprint density at radius 3 is 2.42 bits per heavy atom. The van der Waals surface area contributed by atoms with Gasteiger partial charge in [0.15, 0.2) is 0 Å². The predicted molar refractivity (Wildman–Crippen MR) is 131 cm³/mol. The van der Waals surface area contributed by atoms with Crippen molar-refractivity contribution in [3.63, 3.8) is 0 Å². The zero-order chi connectivity index (χ0) is 22.7. The second kappa shape index (κ2) is 9.76. The molecule has 0 saturated heterocycles. The van der Waals surface area contributed by atoms with Crippen LogP contribution >= 0.6 is 12.4 Å². The summed E-state index contributed by atoms with van der Waals surface area (Å²) in [4.78, 5) is 12.3. The quantitative estimate of drug-likeness (QED) is 0.320. The summed E-state index contributed by atoms with van der Waals surface area (Å²) >= 11 is 0. The largest absolute Gasteiger partial charge is 0.397 e. The second-order valence-electron chi connectivity index (χ2n) is 7.12. The van der Waals surface area contributed by atoms with Gasteiger partial charge in [0.25, 0.3) is 10.0 Å². The fourth-order valence-corrected chi connectivity index (χ4v) is 4.31. The Bertz CT molecular complexity index is 1410. The first-order chi connectivity index (χ1) is 15.3. The molecular weight excluding hydrogens is 462 g/mol. The minimum absolute atomic E-state index is 0. The number of benzene rings is 2. The van der Waals surface area contributed by atoms with Crippen molar-refractivity contribution in [1.29, 1.82) is 0 Å². The van der Waals surface area contributed by atoms with Crippen molar-refractivity contribution in [1.82, 2.24) is 13.8 Å². The number of carbonyl (C=O) groups excluding carboxylic acids is 1. The van der Waals surface area contributed by atoms with Crippen LogP contribution < -0.4 is 11.1 Å². The highest BCUT2D eigenvalue weighted by atomic mass is 35.5. The number of hydrogen-bond donors (Lipinski definition) is 2. The van der Waals surface area contributed by atoms with E-state index in [1.165, 1.54) is 24.5 Å². The highest BCUT2D eigenvalue weighted by Crippen LogP contribution is 2.22. The summed E-state index contributed by atoms with van der Waals surface area (Å²) in [6, 6.07) is 15.2. The topological polar surface area (TPSA) is 112 Å². The van der Waals surface area contributed by atoms with E-state index in [-0.39, 0.29) is 23.2 Å². The van der Waals surface area contributed by atoms with Crippen LogP contribution in [-0.4, -0.2) is 28.1 Å². The van der Waals surface area contributed by atoms with Gasteiger partial charge in [0, 0.05) is 37.3 Å². The molecule has 0 aliphatic carbocycles. The summed E-state index contributed by atoms with van der Waals surface area (Å²) in [6.07, 6.45) is 9.32. The van der Waals surface area contributed by atoms with E-state index in [2.05, 4.69) is 10.4 Å². The zero-order valence-corrected chi connectivity index (χ0v) is 19.3. The van der Waals surface area contributed by atoms with Crippen LogP contribution in [0, 0.1) is 0 Å². The minimum Gasteiger partial charge on any atom is -0.397 e. The molecule has 2 aromatic heterocycles. The molecule has 4 aromatic rings. The third-order valence-electron chi connectivity index (χ3n) is 4.80. The number of aryl methyl sites for hydroxylation is 1. The number of para-hydroxylation sites is 2. The van der Waals surface area contributed by atoms with Crippen molar-refractivity contribution >= 4 is 45.8 Å². The van der Waals surface area contributed by atoms with Gasteiger partial charge in [-0.1, -0.05) is 24.3 Å². The first-order valence-corrected chi connectivity index (χ1v) is 11.1. The number of nitrogens with one attached hydrogen (secondary N) is 1. The van der Waals surface area contributed by atoms with E-state index >= 15 is 0 Å². The van der Waals surface area contributed by atoms with Crippen LogP contribution in [0.2, 0.25) is 0 Å². The molecule has 0 saturated carbocycles. The Morgan fingerprint density at radius 2 is 1.76 bits per heavy atom. The van der Waals surface area contributed by atoms with Gasteiger partial charge in [0.05, 0.1) is 22.5 Å². The van der Waals surface area contributed by atoms with E-state index in [9.17, 15) is 13.2 Å². The van der Waals surface area contributed by atoms with Gasteiger partial charge in [-0.2, -0.15) is 5.10 Å². The standard InChI is InChI=1S/C23H21N5O3S.ClH/c1-27-16-19(14-25-27)18-7-9-20(10-8-18)32(30,31)28-13-12-17(15-28)6-11-23(29)26-22-5-3-2-4-21(22)24;/h2-16H,24H2,1H3,(H,26,29);1H. The summed E-state index contributed by atoms with van der Waals surface area (Å²) in [5, 5.41) is 6.81. The lowest BCUT2D eigenvalue weighted by Crippen LogP contribution is -2.10. The van der Waals surface area contributed by atoms with Crippen molar-refractivity contribution < 1.29 is 13.2 Å². The van der Waals surface area contributed by atoms with Crippen LogP contribution in [0.4, 0.5) is 11.4 Å². The number of rotatable bonds is 6. The van der Waals surface area contributed by atoms with Gasteiger partial charge in [0.1, 0.15) is 0 Å². The normalized spacial score (nSPS) is 11.3. The van der Waals surface area contributed by atoms with Gasteiger partial charge >= 0.3 is 0 Å². The van der Waals surface area contributed by atoms with Crippen LogP contribution in [0.25, 0.3) is 17.2 Å². The second-order valence-corrected chi connectivity index (χ2v) is 8.96. The summed E-state index contributed by atoms with van der Waals surface area (Å²) < 4.78 is 28.7. The molecule has 33 heavy (non-hydrogen) atoms. The first kappa shape index (κ1) is 23.8. The SMILES string of the molecule is Cl.Cn1cc(-c2ccc(S(=O)(=O)n3ccc(C=CC(=O)Nc4ccccc4N)c3)cc2)cn1. The molecule has 0 spiro atoms. The number of nitrogens with two attached hydrogens (primary N) is 1. The molecule has 0 radical (unpaired) electrons. The van der Waals surface area contributed by atoms with Gasteiger partial charge in [-0.15, -0.1) is 12.4 Å². The van der Waals surface area contributed by atoms with E-state index in [1.54, 1.807) is 65.5 Å². The Hall–Kier alpha value is -3.82. The Labute approximate surface area is 197 Å².